The number of hydrogen-bond acceptors (Lipinski definition) is 5. The molecule has 1 aliphatic rings. The van der Waals surface area contributed by atoms with Gasteiger partial charge in [0.15, 0.2) is 0 Å². The van der Waals surface area contributed by atoms with Gasteiger partial charge in [-0.05, 0) is 37.9 Å². The Bertz CT molecular complexity index is 448. The molecule has 0 aromatic carbocycles. The van der Waals surface area contributed by atoms with Crippen LogP contribution in [0.5, 0.6) is 0 Å². The minimum absolute atomic E-state index is 0.219. The van der Waals surface area contributed by atoms with Crippen LogP contribution in [-0.2, 0) is 11.3 Å². The van der Waals surface area contributed by atoms with E-state index in [-0.39, 0.29) is 6.61 Å². The number of aliphatic hydroxyl groups is 1. The number of carbonyl (C=O) groups excluding carboxylic acids is 1. The van der Waals surface area contributed by atoms with Crippen molar-refractivity contribution in [2.45, 2.75) is 38.3 Å². The van der Waals surface area contributed by atoms with Gasteiger partial charge in [0.2, 0.25) is 0 Å². The molecule has 1 N–H and O–H groups in total. The quantitative estimate of drug-likeness (QED) is 0.829. The summed E-state index contributed by atoms with van der Waals surface area (Å²) in [6.45, 7) is 1.96. The van der Waals surface area contributed by atoms with Crippen LogP contribution < -0.4 is 0 Å². The zero-order valence-corrected chi connectivity index (χ0v) is 11.9. The molecule has 2 rings (SSSR count). The molecule has 0 radical (unpaired) electrons. The van der Waals surface area contributed by atoms with Gasteiger partial charge in [0, 0.05) is 19.2 Å². The van der Waals surface area contributed by atoms with Crippen molar-refractivity contribution in [1.82, 2.24) is 9.88 Å². The number of ether oxygens (including phenoxy) is 1. The molecule has 2 heterocycles. The fourth-order valence-electron chi connectivity index (χ4n) is 2.74. The first kappa shape index (κ1) is 14.9. The van der Waals surface area contributed by atoms with Crippen molar-refractivity contribution in [3.8, 4) is 0 Å². The molecule has 110 valence electrons. The normalized spacial score (nSPS) is 19.8. The predicted octanol–water partition coefficient (Wildman–Crippen LogP) is 1.61. The number of rotatable bonds is 5. The first-order valence-corrected chi connectivity index (χ1v) is 7.13. The second-order valence-corrected chi connectivity index (χ2v) is 5.14. The van der Waals surface area contributed by atoms with Gasteiger partial charge in [-0.1, -0.05) is 12.5 Å². The van der Waals surface area contributed by atoms with E-state index in [2.05, 4.69) is 9.88 Å². The topological polar surface area (TPSA) is 62.7 Å². The maximum atomic E-state index is 11.5. The first-order valence-electron chi connectivity index (χ1n) is 7.13. The number of esters is 1. The number of carbonyl (C=O) groups is 1. The van der Waals surface area contributed by atoms with Gasteiger partial charge in [-0.3, -0.25) is 4.90 Å². The van der Waals surface area contributed by atoms with E-state index < -0.39 is 5.97 Å². The maximum Gasteiger partial charge on any atom is 0.356 e. The summed E-state index contributed by atoms with van der Waals surface area (Å²) in [6.07, 6.45) is 4.32. The lowest BCUT2D eigenvalue weighted by Gasteiger charge is -2.35. The number of methoxy groups -OCH3 is 1. The number of likely N-dealkylation sites (tertiary alicyclic amines) is 1. The molecule has 0 amide bonds. The number of nitrogens with zero attached hydrogens (tertiary/aromatic N) is 2. The highest BCUT2D eigenvalue weighted by Gasteiger charge is 2.22. The molecule has 1 aliphatic heterocycles. The average molecular weight is 278 g/mol. The molecule has 1 aromatic heterocycles. The molecular weight excluding hydrogens is 256 g/mol. The Hall–Kier alpha value is -1.46. The molecule has 0 spiro atoms. The molecule has 20 heavy (non-hydrogen) atoms. The average Bonchev–Trinajstić information content (AvgIpc) is 2.49. The van der Waals surface area contributed by atoms with Crippen LogP contribution in [0.2, 0.25) is 0 Å². The Morgan fingerprint density at radius 3 is 3.10 bits per heavy atom. The van der Waals surface area contributed by atoms with E-state index in [4.69, 9.17) is 9.84 Å². The van der Waals surface area contributed by atoms with E-state index in [0.29, 0.717) is 11.7 Å². The van der Waals surface area contributed by atoms with Crippen molar-refractivity contribution in [2.24, 2.45) is 0 Å². The second kappa shape index (κ2) is 7.36. The monoisotopic (exact) mass is 278 g/mol. The molecule has 0 bridgehead atoms. The fraction of sp³-hybridized carbons (Fsp3) is 0.600. The van der Waals surface area contributed by atoms with Crippen molar-refractivity contribution < 1.29 is 14.6 Å². The van der Waals surface area contributed by atoms with Crippen molar-refractivity contribution >= 4 is 5.97 Å². The zero-order valence-electron chi connectivity index (χ0n) is 11.9. The van der Waals surface area contributed by atoms with Crippen LogP contribution in [0.15, 0.2) is 18.2 Å². The lowest BCUT2D eigenvalue weighted by molar-refractivity contribution is 0.0593. The van der Waals surface area contributed by atoms with Crippen LogP contribution in [0.3, 0.4) is 0 Å². The predicted molar refractivity (Wildman–Crippen MR) is 75.3 cm³/mol. The standard InChI is InChI=1S/C15H22N2O3/c1-20-15(19)14-7-4-5-12(16-14)11-17-9-3-2-6-13(17)8-10-18/h4-5,7,13,18H,2-3,6,8-11H2,1H3. The Labute approximate surface area is 119 Å². The lowest BCUT2D eigenvalue weighted by atomic mass is 9.99. The smallest absolute Gasteiger partial charge is 0.356 e. The summed E-state index contributed by atoms with van der Waals surface area (Å²) in [4.78, 5) is 18.2. The van der Waals surface area contributed by atoms with Gasteiger partial charge in [-0.2, -0.15) is 0 Å². The summed E-state index contributed by atoms with van der Waals surface area (Å²) < 4.78 is 4.69. The molecule has 1 saturated heterocycles. The zero-order chi connectivity index (χ0) is 14.4. The molecule has 5 heteroatoms. The Balaban J connectivity index is 2.06. The van der Waals surface area contributed by atoms with E-state index in [1.54, 1.807) is 6.07 Å². The first-order chi connectivity index (χ1) is 9.74. The maximum absolute atomic E-state index is 11.5. The highest BCUT2D eigenvalue weighted by Crippen LogP contribution is 2.21. The Morgan fingerprint density at radius 1 is 1.50 bits per heavy atom. The van der Waals surface area contributed by atoms with Crippen molar-refractivity contribution in [1.29, 1.82) is 0 Å². The summed E-state index contributed by atoms with van der Waals surface area (Å²) in [5.41, 5.74) is 1.22. The summed E-state index contributed by atoms with van der Waals surface area (Å²) in [7, 11) is 1.36. The van der Waals surface area contributed by atoms with Gasteiger partial charge in [0.05, 0.1) is 12.8 Å². The highest BCUT2D eigenvalue weighted by atomic mass is 16.5. The van der Waals surface area contributed by atoms with Crippen LogP contribution in [0.4, 0.5) is 0 Å². The van der Waals surface area contributed by atoms with E-state index in [0.717, 1.165) is 31.6 Å². The van der Waals surface area contributed by atoms with Gasteiger partial charge < -0.3 is 9.84 Å². The highest BCUT2D eigenvalue weighted by molar-refractivity contribution is 5.87. The molecular formula is C15H22N2O3. The number of hydrogen-bond donors (Lipinski definition) is 1. The van der Waals surface area contributed by atoms with Crippen LogP contribution in [0, 0.1) is 0 Å². The summed E-state index contributed by atoms with van der Waals surface area (Å²) in [5.74, 6) is -0.405. The Kier molecular flexibility index (Phi) is 5.49. The lowest BCUT2D eigenvalue weighted by Crippen LogP contribution is -2.39. The van der Waals surface area contributed by atoms with Gasteiger partial charge in [0.25, 0.3) is 0 Å². The number of pyridine rings is 1. The summed E-state index contributed by atoms with van der Waals surface area (Å²) in [6, 6.07) is 5.84. The van der Waals surface area contributed by atoms with Crippen molar-refractivity contribution in [2.75, 3.05) is 20.3 Å². The second-order valence-electron chi connectivity index (χ2n) is 5.14. The third-order valence-corrected chi connectivity index (χ3v) is 3.78. The summed E-state index contributed by atoms with van der Waals surface area (Å²) in [5, 5.41) is 9.15. The van der Waals surface area contributed by atoms with Crippen LogP contribution in [0.1, 0.15) is 41.9 Å². The minimum Gasteiger partial charge on any atom is -0.464 e. The third-order valence-electron chi connectivity index (χ3n) is 3.78. The van der Waals surface area contributed by atoms with E-state index in [1.165, 1.54) is 20.0 Å². The van der Waals surface area contributed by atoms with Gasteiger partial charge in [-0.25, -0.2) is 9.78 Å². The Morgan fingerprint density at radius 2 is 2.35 bits per heavy atom. The van der Waals surface area contributed by atoms with E-state index in [9.17, 15) is 4.79 Å². The van der Waals surface area contributed by atoms with Crippen molar-refractivity contribution in [3.63, 3.8) is 0 Å². The summed E-state index contributed by atoms with van der Waals surface area (Å²) >= 11 is 0. The number of aromatic nitrogens is 1. The molecule has 1 aromatic rings. The van der Waals surface area contributed by atoms with Gasteiger partial charge >= 0.3 is 5.97 Å². The molecule has 1 fully saturated rings. The molecule has 5 nitrogen and oxygen atoms in total. The van der Waals surface area contributed by atoms with Crippen LogP contribution >= 0.6 is 0 Å². The van der Waals surface area contributed by atoms with Gasteiger partial charge in [0.1, 0.15) is 5.69 Å². The largest absolute Gasteiger partial charge is 0.464 e. The SMILES string of the molecule is COC(=O)c1cccc(CN2CCCCC2CCO)n1. The number of aliphatic hydroxyl groups excluding tert-OH is 1. The van der Waals surface area contributed by atoms with E-state index >= 15 is 0 Å². The van der Waals surface area contributed by atoms with Crippen LogP contribution in [0.25, 0.3) is 0 Å². The fourth-order valence-corrected chi connectivity index (χ4v) is 2.74. The third kappa shape index (κ3) is 3.77. The molecule has 1 atom stereocenters. The minimum atomic E-state index is -0.405. The van der Waals surface area contributed by atoms with Crippen molar-refractivity contribution in [3.05, 3.63) is 29.6 Å². The van der Waals surface area contributed by atoms with Crippen LogP contribution in [-0.4, -0.2) is 47.3 Å². The van der Waals surface area contributed by atoms with Gasteiger partial charge in [-0.15, -0.1) is 0 Å². The van der Waals surface area contributed by atoms with E-state index in [1.807, 2.05) is 12.1 Å². The molecule has 1 unspecified atom stereocenters. The molecule has 0 saturated carbocycles. The molecule has 0 aliphatic carbocycles. The number of piperidine rings is 1.